The van der Waals surface area contributed by atoms with Crippen molar-refractivity contribution < 1.29 is 9.47 Å². The number of imidazole rings is 1. The molecule has 4 heterocycles. The fraction of sp³-hybridized carbons (Fsp3) is 0.370. The van der Waals surface area contributed by atoms with Crippen molar-refractivity contribution in [1.82, 2.24) is 25.3 Å². The molecular formula is C27H31N7O2. The smallest absolute Gasteiger partial charge is 0.181 e. The number of hydrogen-bond donors (Lipinski definition) is 3. The van der Waals surface area contributed by atoms with Crippen molar-refractivity contribution in [3.63, 3.8) is 0 Å². The van der Waals surface area contributed by atoms with Crippen LogP contribution in [0.25, 0.3) is 33.8 Å². The number of fused-ring (bicyclic) bond motifs is 1. The summed E-state index contributed by atoms with van der Waals surface area (Å²) < 4.78 is 11.8. The first-order chi connectivity index (χ1) is 17.8. The van der Waals surface area contributed by atoms with E-state index in [0.29, 0.717) is 5.65 Å². The van der Waals surface area contributed by atoms with Gasteiger partial charge >= 0.3 is 0 Å². The molecule has 0 radical (unpaired) electrons. The number of nitrogens with zero attached hydrogens (tertiary/aromatic N) is 4. The van der Waals surface area contributed by atoms with Crippen LogP contribution in [-0.2, 0) is 4.74 Å². The summed E-state index contributed by atoms with van der Waals surface area (Å²) >= 11 is 0. The largest absolute Gasteiger partial charge is 0.488 e. The molecule has 2 aliphatic heterocycles. The first-order valence-electron chi connectivity index (χ1n) is 12.6. The molecule has 2 aliphatic rings. The van der Waals surface area contributed by atoms with Gasteiger partial charge in [-0.1, -0.05) is 0 Å². The standard InChI is InChI=1S/C27H31N7O2/c1-28-22-16-19(4-7-23(22)36-21-8-10-29-11-9-21)24-25-27(31-17-30-24)33-26(32-25)18-2-5-20(6-3-18)34-12-14-35-15-13-34/h2-7,16-17,21,28-29H,8-15H2,1H3,(H,30,31,32,33). The Morgan fingerprint density at radius 3 is 2.56 bits per heavy atom. The third-order valence-corrected chi connectivity index (χ3v) is 6.91. The molecule has 4 aromatic rings. The van der Waals surface area contributed by atoms with Crippen LogP contribution in [0, 0.1) is 0 Å². The maximum absolute atomic E-state index is 6.31. The Bertz CT molecular complexity index is 1330. The lowest BCUT2D eigenvalue weighted by Crippen LogP contribution is -2.36. The number of anilines is 2. The highest BCUT2D eigenvalue weighted by Crippen LogP contribution is 2.34. The Labute approximate surface area is 210 Å². The minimum Gasteiger partial charge on any atom is -0.488 e. The summed E-state index contributed by atoms with van der Waals surface area (Å²) in [6, 6.07) is 14.6. The molecule has 0 aliphatic carbocycles. The number of hydrogen-bond acceptors (Lipinski definition) is 8. The van der Waals surface area contributed by atoms with E-state index >= 15 is 0 Å². The average Bonchev–Trinajstić information content (AvgIpc) is 3.39. The molecule has 9 heteroatoms. The lowest BCUT2D eigenvalue weighted by Gasteiger charge is -2.28. The van der Waals surface area contributed by atoms with Crippen LogP contribution in [0.15, 0.2) is 48.8 Å². The molecule has 0 atom stereocenters. The molecular weight excluding hydrogens is 454 g/mol. The average molecular weight is 486 g/mol. The van der Waals surface area contributed by atoms with Crippen LogP contribution in [0.5, 0.6) is 5.75 Å². The van der Waals surface area contributed by atoms with Gasteiger partial charge in [0.1, 0.15) is 29.5 Å². The number of benzene rings is 2. The van der Waals surface area contributed by atoms with Crippen LogP contribution in [0.4, 0.5) is 11.4 Å². The van der Waals surface area contributed by atoms with Gasteiger partial charge in [-0.25, -0.2) is 15.0 Å². The topological polar surface area (TPSA) is 100 Å². The van der Waals surface area contributed by atoms with Crippen molar-refractivity contribution in [3.8, 4) is 28.4 Å². The lowest BCUT2D eigenvalue weighted by atomic mass is 10.1. The number of aromatic nitrogens is 4. The highest BCUT2D eigenvalue weighted by atomic mass is 16.5. The normalized spacial score (nSPS) is 16.9. The molecule has 3 N–H and O–H groups in total. The minimum absolute atomic E-state index is 0.236. The van der Waals surface area contributed by atoms with E-state index in [-0.39, 0.29) is 6.10 Å². The minimum atomic E-state index is 0.236. The van der Waals surface area contributed by atoms with E-state index < -0.39 is 0 Å². The molecule has 2 saturated heterocycles. The van der Waals surface area contributed by atoms with Gasteiger partial charge in [-0.2, -0.15) is 0 Å². The fourth-order valence-corrected chi connectivity index (χ4v) is 4.90. The summed E-state index contributed by atoms with van der Waals surface area (Å²) in [5, 5.41) is 6.67. The zero-order valence-corrected chi connectivity index (χ0v) is 20.5. The van der Waals surface area contributed by atoms with E-state index in [0.717, 1.165) is 91.8 Å². The van der Waals surface area contributed by atoms with Gasteiger partial charge in [0.05, 0.1) is 24.6 Å². The predicted octanol–water partition coefficient (Wildman–Crippen LogP) is 3.70. The van der Waals surface area contributed by atoms with E-state index in [1.165, 1.54) is 5.69 Å². The molecule has 9 nitrogen and oxygen atoms in total. The number of ether oxygens (including phenoxy) is 2. The summed E-state index contributed by atoms with van der Waals surface area (Å²) in [6.45, 7) is 5.36. The van der Waals surface area contributed by atoms with Gasteiger partial charge in [-0.05, 0) is 68.4 Å². The van der Waals surface area contributed by atoms with Gasteiger partial charge < -0.3 is 30.0 Å². The molecule has 2 aromatic heterocycles. The molecule has 6 rings (SSSR count). The SMILES string of the molecule is CNc1cc(-c2ncnc3nc(-c4ccc(N5CCOCC5)cc4)[nH]c23)ccc1OC1CCNCC1. The summed E-state index contributed by atoms with van der Waals surface area (Å²) in [5.41, 5.74) is 6.40. The van der Waals surface area contributed by atoms with Crippen LogP contribution < -0.4 is 20.3 Å². The van der Waals surface area contributed by atoms with E-state index in [1.54, 1.807) is 6.33 Å². The second-order valence-electron chi connectivity index (χ2n) is 9.18. The Morgan fingerprint density at radius 1 is 1.00 bits per heavy atom. The molecule has 0 amide bonds. The Hall–Kier alpha value is -3.69. The number of morpholine rings is 1. The van der Waals surface area contributed by atoms with Gasteiger partial charge in [-0.3, -0.25) is 0 Å². The van der Waals surface area contributed by atoms with Gasteiger partial charge in [0.2, 0.25) is 0 Å². The summed E-state index contributed by atoms with van der Waals surface area (Å²) in [6.07, 6.45) is 3.84. The van der Waals surface area contributed by atoms with E-state index in [1.807, 2.05) is 13.1 Å². The van der Waals surface area contributed by atoms with Crippen molar-refractivity contribution in [1.29, 1.82) is 0 Å². The molecule has 0 saturated carbocycles. The molecule has 0 spiro atoms. The molecule has 2 aromatic carbocycles. The molecule has 0 bridgehead atoms. The quantitative estimate of drug-likeness (QED) is 0.380. The van der Waals surface area contributed by atoms with Crippen molar-refractivity contribution in [2.45, 2.75) is 18.9 Å². The third-order valence-electron chi connectivity index (χ3n) is 6.91. The zero-order chi connectivity index (χ0) is 24.3. The predicted molar refractivity (Wildman–Crippen MR) is 142 cm³/mol. The van der Waals surface area contributed by atoms with Crippen molar-refractivity contribution in [2.75, 3.05) is 56.7 Å². The third kappa shape index (κ3) is 4.59. The maximum Gasteiger partial charge on any atom is 0.181 e. The number of H-pyrrole nitrogens is 1. The van der Waals surface area contributed by atoms with Crippen LogP contribution >= 0.6 is 0 Å². The monoisotopic (exact) mass is 485 g/mol. The number of rotatable bonds is 6. The van der Waals surface area contributed by atoms with Crippen molar-refractivity contribution in [3.05, 3.63) is 48.8 Å². The lowest BCUT2D eigenvalue weighted by molar-refractivity contribution is 0.122. The Morgan fingerprint density at radius 2 is 1.78 bits per heavy atom. The first kappa shape index (κ1) is 22.8. The van der Waals surface area contributed by atoms with Crippen molar-refractivity contribution in [2.24, 2.45) is 0 Å². The van der Waals surface area contributed by atoms with E-state index in [2.05, 4.69) is 66.9 Å². The summed E-state index contributed by atoms with van der Waals surface area (Å²) in [7, 11) is 1.92. The highest BCUT2D eigenvalue weighted by molar-refractivity contribution is 5.90. The highest BCUT2D eigenvalue weighted by Gasteiger charge is 2.18. The summed E-state index contributed by atoms with van der Waals surface area (Å²) in [4.78, 5) is 19.6. The fourth-order valence-electron chi connectivity index (χ4n) is 4.90. The first-order valence-corrected chi connectivity index (χ1v) is 12.6. The van der Waals surface area contributed by atoms with E-state index in [4.69, 9.17) is 14.5 Å². The van der Waals surface area contributed by atoms with Crippen molar-refractivity contribution >= 4 is 22.5 Å². The maximum atomic E-state index is 6.31. The van der Waals surface area contributed by atoms with Crippen LogP contribution in [0.2, 0.25) is 0 Å². The Balaban J connectivity index is 1.28. The zero-order valence-electron chi connectivity index (χ0n) is 20.5. The molecule has 36 heavy (non-hydrogen) atoms. The Kier molecular flexibility index (Phi) is 6.40. The van der Waals surface area contributed by atoms with Crippen LogP contribution in [-0.4, -0.2) is 72.5 Å². The van der Waals surface area contributed by atoms with Crippen LogP contribution in [0.1, 0.15) is 12.8 Å². The van der Waals surface area contributed by atoms with Gasteiger partial charge in [0.25, 0.3) is 0 Å². The van der Waals surface area contributed by atoms with Gasteiger partial charge in [0, 0.05) is 37.0 Å². The molecule has 186 valence electrons. The second kappa shape index (κ2) is 10.1. The number of aromatic amines is 1. The number of piperidine rings is 1. The van der Waals surface area contributed by atoms with Gasteiger partial charge in [0.15, 0.2) is 5.65 Å². The van der Waals surface area contributed by atoms with Gasteiger partial charge in [-0.15, -0.1) is 0 Å². The van der Waals surface area contributed by atoms with E-state index in [9.17, 15) is 0 Å². The summed E-state index contributed by atoms with van der Waals surface area (Å²) in [5.74, 6) is 1.64. The molecule has 2 fully saturated rings. The van der Waals surface area contributed by atoms with Crippen LogP contribution in [0.3, 0.4) is 0 Å². The second-order valence-corrected chi connectivity index (χ2v) is 9.18. The number of nitrogens with one attached hydrogen (secondary N) is 3. The molecule has 0 unspecified atom stereocenters.